The van der Waals surface area contributed by atoms with E-state index in [2.05, 4.69) is 26.0 Å². The van der Waals surface area contributed by atoms with E-state index in [9.17, 15) is 14.9 Å². The molecule has 4 aromatic rings. The van der Waals surface area contributed by atoms with Gasteiger partial charge in [-0.1, -0.05) is 44.7 Å². The Morgan fingerprint density at radius 2 is 2.06 bits per heavy atom. The molecule has 1 amide bonds. The maximum Gasteiger partial charge on any atom is 0.324 e. The van der Waals surface area contributed by atoms with Crippen molar-refractivity contribution < 1.29 is 14.5 Å². The van der Waals surface area contributed by atoms with Crippen LogP contribution in [0.5, 0.6) is 5.75 Å². The number of methoxy groups -OCH3 is 1. The molecule has 0 aliphatic rings. The van der Waals surface area contributed by atoms with Crippen LogP contribution >= 0.6 is 38.6 Å². The second-order valence-electron chi connectivity index (χ2n) is 6.14. The fraction of sp³-hybridized carbons (Fsp3) is 0.0500. The summed E-state index contributed by atoms with van der Waals surface area (Å²) >= 11 is 5.64. The van der Waals surface area contributed by atoms with Crippen LogP contribution in [0.25, 0.3) is 10.2 Å². The van der Waals surface area contributed by atoms with E-state index in [1.165, 1.54) is 28.6 Å². The topological polar surface area (TPSA) is 97.9 Å². The number of thiophene rings is 1. The Labute approximate surface area is 192 Å². The number of nitro groups is 1. The summed E-state index contributed by atoms with van der Waals surface area (Å²) in [5, 5.41) is 16.8. The van der Waals surface area contributed by atoms with Gasteiger partial charge in [0.1, 0.15) is 5.75 Å². The first-order valence-electron chi connectivity index (χ1n) is 8.77. The van der Waals surface area contributed by atoms with Crippen LogP contribution in [-0.2, 0) is 0 Å². The lowest BCUT2D eigenvalue weighted by Crippen LogP contribution is -2.25. The van der Waals surface area contributed by atoms with Crippen molar-refractivity contribution in [1.29, 1.82) is 0 Å². The van der Waals surface area contributed by atoms with E-state index in [0.29, 0.717) is 26.8 Å². The highest BCUT2D eigenvalue weighted by molar-refractivity contribution is 9.10. The van der Waals surface area contributed by atoms with Crippen molar-refractivity contribution in [3.8, 4) is 5.75 Å². The standard InChI is InChI=1S/C20H13BrN4O4S2/c1-29-14-5-7-16-17(10-14)31-20(23-16)24(19(26)12-3-2-4-13(21)9-12)22-11-15-6-8-18(30-15)25(27)28/h2-11H,1H3/b22-11+. The monoisotopic (exact) mass is 516 g/mol. The highest BCUT2D eigenvalue weighted by Gasteiger charge is 2.22. The molecule has 0 radical (unpaired) electrons. The third-order valence-corrected chi connectivity index (χ3v) is 6.58. The average molecular weight is 517 g/mol. The normalized spacial score (nSPS) is 11.2. The summed E-state index contributed by atoms with van der Waals surface area (Å²) < 4.78 is 6.85. The van der Waals surface area contributed by atoms with Gasteiger partial charge in [-0.25, -0.2) is 4.98 Å². The molecule has 0 saturated heterocycles. The van der Waals surface area contributed by atoms with Gasteiger partial charge in [-0.15, -0.1) is 0 Å². The Bertz CT molecular complexity index is 1320. The van der Waals surface area contributed by atoms with Crippen LogP contribution < -0.4 is 9.75 Å². The first kappa shape index (κ1) is 21.1. The molecule has 0 aliphatic heterocycles. The summed E-state index contributed by atoms with van der Waals surface area (Å²) in [5.41, 5.74) is 1.12. The zero-order valence-corrected chi connectivity index (χ0v) is 19.1. The van der Waals surface area contributed by atoms with Crippen molar-refractivity contribution in [1.82, 2.24) is 4.98 Å². The van der Waals surface area contributed by atoms with E-state index >= 15 is 0 Å². The second kappa shape index (κ2) is 8.92. The number of hydrogen-bond donors (Lipinski definition) is 0. The number of ether oxygens (including phenoxy) is 1. The molecule has 31 heavy (non-hydrogen) atoms. The summed E-state index contributed by atoms with van der Waals surface area (Å²) in [5.74, 6) is 0.302. The van der Waals surface area contributed by atoms with Gasteiger partial charge in [0.25, 0.3) is 5.91 Å². The number of thiazole rings is 1. The van der Waals surface area contributed by atoms with Crippen molar-refractivity contribution in [3.63, 3.8) is 0 Å². The highest BCUT2D eigenvalue weighted by Crippen LogP contribution is 2.33. The van der Waals surface area contributed by atoms with Gasteiger partial charge in [0.2, 0.25) is 5.13 Å². The van der Waals surface area contributed by atoms with Crippen molar-refractivity contribution >= 4 is 71.1 Å². The molecule has 0 bridgehead atoms. The number of nitrogens with zero attached hydrogens (tertiary/aromatic N) is 4. The molecule has 2 heterocycles. The Morgan fingerprint density at radius 1 is 1.23 bits per heavy atom. The van der Waals surface area contributed by atoms with Gasteiger partial charge in [-0.2, -0.15) is 10.1 Å². The van der Waals surface area contributed by atoms with Gasteiger partial charge < -0.3 is 4.74 Å². The Hall–Kier alpha value is -3.15. The molecule has 0 unspecified atom stereocenters. The molecule has 8 nitrogen and oxygen atoms in total. The number of rotatable bonds is 6. The predicted molar refractivity (Wildman–Crippen MR) is 126 cm³/mol. The number of anilines is 1. The number of amides is 1. The summed E-state index contributed by atoms with van der Waals surface area (Å²) in [4.78, 5) is 28.8. The lowest BCUT2D eigenvalue weighted by molar-refractivity contribution is -0.380. The summed E-state index contributed by atoms with van der Waals surface area (Å²) in [6.07, 6.45) is 1.42. The largest absolute Gasteiger partial charge is 0.497 e. The summed E-state index contributed by atoms with van der Waals surface area (Å²) in [6, 6.07) is 15.4. The van der Waals surface area contributed by atoms with E-state index < -0.39 is 4.92 Å². The molecule has 0 aliphatic carbocycles. The minimum Gasteiger partial charge on any atom is -0.497 e. The summed E-state index contributed by atoms with van der Waals surface area (Å²) in [6.45, 7) is 0. The number of aromatic nitrogens is 1. The Morgan fingerprint density at radius 3 is 2.77 bits per heavy atom. The zero-order valence-electron chi connectivity index (χ0n) is 15.9. The highest BCUT2D eigenvalue weighted by atomic mass is 79.9. The van der Waals surface area contributed by atoms with E-state index in [-0.39, 0.29) is 10.9 Å². The molecule has 4 rings (SSSR count). The van der Waals surface area contributed by atoms with Crippen molar-refractivity contribution in [3.05, 3.63) is 79.6 Å². The van der Waals surface area contributed by atoms with Crippen LogP contribution in [0.4, 0.5) is 10.1 Å². The fourth-order valence-electron chi connectivity index (χ4n) is 2.67. The molecule has 0 spiro atoms. The molecule has 2 aromatic heterocycles. The molecule has 11 heteroatoms. The molecular formula is C20H13BrN4O4S2. The van der Waals surface area contributed by atoms with Crippen molar-refractivity contribution in [2.24, 2.45) is 5.10 Å². The van der Waals surface area contributed by atoms with Crippen molar-refractivity contribution in [2.75, 3.05) is 12.1 Å². The second-order valence-corrected chi connectivity index (χ2v) is 9.15. The van der Waals surface area contributed by atoms with Gasteiger partial charge in [0.05, 0.1) is 33.3 Å². The Kier molecular flexibility index (Phi) is 6.07. The molecule has 0 fully saturated rings. The van der Waals surface area contributed by atoms with Gasteiger partial charge in [-0.3, -0.25) is 14.9 Å². The quantitative estimate of drug-likeness (QED) is 0.185. The molecule has 0 N–H and O–H groups in total. The number of hydrogen-bond acceptors (Lipinski definition) is 8. The maximum absolute atomic E-state index is 13.3. The molecule has 0 saturated carbocycles. The van der Waals surface area contributed by atoms with Crippen LogP contribution in [0.2, 0.25) is 0 Å². The number of halogens is 1. The van der Waals surface area contributed by atoms with Crippen LogP contribution in [0, 0.1) is 10.1 Å². The van der Waals surface area contributed by atoms with E-state index in [1.807, 2.05) is 18.2 Å². The van der Waals surface area contributed by atoms with Crippen molar-refractivity contribution in [2.45, 2.75) is 0 Å². The van der Waals surface area contributed by atoms with Gasteiger partial charge in [-0.05, 0) is 42.5 Å². The molecular weight excluding hydrogens is 504 g/mol. The van der Waals surface area contributed by atoms with Gasteiger partial charge in [0.15, 0.2) is 0 Å². The lowest BCUT2D eigenvalue weighted by Gasteiger charge is -2.13. The molecule has 2 aromatic carbocycles. The van der Waals surface area contributed by atoms with Gasteiger partial charge >= 0.3 is 5.00 Å². The third-order valence-electron chi connectivity index (χ3n) is 4.12. The first-order valence-corrected chi connectivity index (χ1v) is 11.2. The van der Waals surface area contributed by atoms with Crippen LogP contribution in [0.1, 0.15) is 15.2 Å². The predicted octanol–water partition coefficient (Wildman–Crippen LogP) is 5.72. The van der Waals surface area contributed by atoms with E-state index in [4.69, 9.17) is 4.74 Å². The third kappa shape index (κ3) is 4.63. The lowest BCUT2D eigenvalue weighted by atomic mass is 10.2. The number of carbonyl (C=O) groups excluding carboxylic acids is 1. The number of fused-ring (bicyclic) bond motifs is 1. The number of benzene rings is 2. The maximum atomic E-state index is 13.3. The number of hydrazone groups is 1. The number of carbonyl (C=O) groups is 1. The molecule has 0 atom stereocenters. The first-order chi connectivity index (χ1) is 14.9. The van der Waals surface area contributed by atoms with Gasteiger partial charge in [0, 0.05) is 16.1 Å². The minimum absolute atomic E-state index is 0.00148. The smallest absolute Gasteiger partial charge is 0.324 e. The SMILES string of the molecule is COc1ccc2nc(N(/N=C/c3ccc([N+](=O)[O-])s3)C(=O)c3cccc(Br)c3)sc2c1. The fourth-order valence-corrected chi connectivity index (χ4v) is 4.71. The average Bonchev–Trinajstić information content (AvgIpc) is 3.40. The zero-order chi connectivity index (χ0) is 22.0. The molecule has 156 valence electrons. The Balaban J connectivity index is 1.75. The van der Waals surface area contributed by atoms with E-state index in [0.717, 1.165) is 20.5 Å². The minimum atomic E-state index is -0.465. The van der Waals surface area contributed by atoms with Crippen LogP contribution in [-0.4, -0.2) is 29.1 Å². The summed E-state index contributed by atoms with van der Waals surface area (Å²) in [7, 11) is 1.58. The van der Waals surface area contributed by atoms with E-state index in [1.54, 1.807) is 37.4 Å². The van der Waals surface area contributed by atoms with Crippen LogP contribution in [0.3, 0.4) is 0 Å². The van der Waals surface area contributed by atoms with Crippen LogP contribution in [0.15, 0.2) is 64.2 Å².